The molecule has 29 heavy (non-hydrogen) atoms. The van der Waals surface area contributed by atoms with Crippen molar-refractivity contribution in [1.29, 1.82) is 5.26 Å². The lowest BCUT2D eigenvalue weighted by molar-refractivity contribution is -0.137. The topological polar surface area (TPSA) is 106 Å². The van der Waals surface area contributed by atoms with Crippen LogP contribution in [0.3, 0.4) is 0 Å². The first kappa shape index (κ1) is 21.8. The number of carboxylic acid groups (broad SMARTS) is 1. The van der Waals surface area contributed by atoms with Gasteiger partial charge in [-0.25, -0.2) is 9.59 Å². The van der Waals surface area contributed by atoms with Crippen molar-refractivity contribution in [3.63, 3.8) is 0 Å². The van der Waals surface area contributed by atoms with Gasteiger partial charge in [0.2, 0.25) is 0 Å². The molecule has 0 aliphatic heterocycles. The molecule has 1 N–H and O–H groups in total. The predicted octanol–water partition coefficient (Wildman–Crippen LogP) is 4.10. The smallest absolute Gasteiger partial charge is 0.348 e. The van der Waals surface area contributed by atoms with Gasteiger partial charge in [-0.2, -0.15) is 5.26 Å². The highest BCUT2D eigenvalue weighted by molar-refractivity contribution is 6.32. The lowest BCUT2D eigenvalue weighted by Crippen LogP contribution is -2.06. The normalized spacial score (nSPS) is 10.8. The Bertz CT molecular complexity index is 993. The van der Waals surface area contributed by atoms with E-state index in [9.17, 15) is 9.59 Å². The molecular formula is C21H18ClNO6. The number of hydrogen-bond donors (Lipinski definition) is 1. The highest BCUT2D eigenvalue weighted by Crippen LogP contribution is 2.37. The van der Waals surface area contributed by atoms with Crippen LogP contribution in [0.25, 0.3) is 6.08 Å². The van der Waals surface area contributed by atoms with Gasteiger partial charge in [0.25, 0.3) is 0 Å². The van der Waals surface area contributed by atoms with Crippen molar-refractivity contribution < 1.29 is 28.9 Å². The third-order valence-corrected chi connectivity index (χ3v) is 4.02. The van der Waals surface area contributed by atoms with Crippen LogP contribution in [0.1, 0.15) is 28.4 Å². The molecule has 2 aromatic carbocycles. The number of halogens is 1. The Labute approximate surface area is 172 Å². The Balaban J connectivity index is 2.29. The van der Waals surface area contributed by atoms with Crippen LogP contribution in [-0.2, 0) is 16.1 Å². The lowest BCUT2D eigenvalue weighted by Gasteiger charge is -2.14. The molecule has 0 saturated carbocycles. The molecule has 0 bridgehead atoms. The first-order chi connectivity index (χ1) is 13.9. The number of esters is 1. The Morgan fingerprint density at radius 2 is 2.03 bits per heavy atom. The summed E-state index contributed by atoms with van der Waals surface area (Å²) < 4.78 is 15.9. The molecule has 0 fully saturated rings. The fourth-order valence-electron chi connectivity index (χ4n) is 2.43. The summed E-state index contributed by atoms with van der Waals surface area (Å²) in [5.74, 6) is -1.22. The van der Waals surface area contributed by atoms with E-state index in [0.717, 1.165) is 0 Å². The molecule has 0 radical (unpaired) electrons. The van der Waals surface area contributed by atoms with E-state index in [1.807, 2.05) is 0 Å². The molecule has 0 atom stereocenters. The van der Waals surface area contributed by atoms with Crippen LogP contribution < -0.4 is 9.47 Å². The molecule has 0 spiro atoms. The molecule has 150 valence electrons. The standard InChI is InChI=1S/C21H18ClNO6/c1-3-28-21(26)16(11-23)8-14-9-17(22)19(18(10-14)27-2)29-12-13-5-4-6-15(7-13)20(24)25/h4-10H,3,12H2,1-2H3,(H,24,25)/b16-8-. The average molecular weight is 416 g/mol. The number of methoxy groups -OCH3 is 1. The summed E-state index contributed by atoms with van der Waals surface area (Å²) in [5.41, 5.74) is 1.06. The van der Waals surface area contributed by atoms with Crippen LogP contribution in [-0.4, -0.2) is 30.8 Å². The van der Waals surface area contributed by atoms with Crippen LogP contribution in [0.5, 0.6) is 11.5 Å². The monoisotopic (exact) mass is 415 g/mol. The fraction of sp³-hybridized carbons (Fsp3) is 0.190. The Kier molecular flexibility index (Phi) is 7.63. The van der Waals surface area contributed by atoms with Gasteiger partial charge >= 0.3 is 11.9 Å². The van der Waals surface area contributed by atoms with Gasteiger partial charge in [-0.3, -0.25) is 0 Å². The average Bonchev–Trinajstić information content (AvgIpc) is 2.71. The molecule has 2 rings (SSSR count). The number of nitrogens with zero attached hydrogens (tertiary/aromatic N) is 1. The number of carbonyl (C=O) groups is 2. The number of hydrogen-bond acceptors (Lipinski definition) is 6. The van der Waals surface area contributed by atoms with E-state index in [1.54, 1.807) is 31.2 Å². The molecule has 0 aliphatic rings. The third-order valence-electron chi connectivity index (χ3n) is 3.74. The second kappa shape index (κ2) is 10.2. The van der Waals surface area contributed by atoms with Gasteiger partial charge in [-0.15, -0.1) is 0 Å². The zero-order valence-corrected chi connectivity index (χ0v) is 16.5. The predicted molar refractivity (Wildman–Crippen MR) is 106 cm³/mol. The number of rotatable bonds is 8. The second-order valence-electron chi connectivity index (χ2n) is 5.72. The van der Waals surface area contributed by atoms with E-state index < -0.39 is 11.9 Å². The summed E-state index contributed by atoms with van der Waals surface area (Å²) in [6, 6.07) is 11.2. The molecule has 0 unspecified atom stereocenters. The van der Waals surface area contributed by atoms with Crippen molar-refractivity contribution >= 4 is 29.6 Å². The SMILES string of the molecule is CCOC(=O)/C(C#N)=C\c1cc(Cl)c(OCc2cccc(C(=O)O)c2)c(OC)c1. The highest BCUT2D eigenvalue weighted by atomic mass is 35.5. The number of ether oxygens (including phenoxy) is 3. The molecule has 0 amide bonds. The van der Waals surface area contributed by atoms with Gasteiger partial charge in [0.15, 0.2) is 11.5 Å². The summed E-state index contributed by atoms with van der Waals surface area (Å²) in [6.07, 6.45) is 1.34. The van der Waals surface area contributed by atoms with Crippen LogP contribution in [0.4, 0.5) is 0 Å². The van der Waals surface area contributed by atoms with E-state index in [4.69, 9.17) is 36.2 Å². The molecule has 7 nitrogen and oxygen atoms in total. The van der Waals surface area contributed by atoms with E-state index in [2.05, 4.69) is 0 Å². The first-order valence-corrected chi connectivity index (χ1v) is 8.88. The van der Waals surface area contributed by atoms with Gasteiger partial charge in [0.1, 0.15) is 18.2 Å². The van der Waals surface area contributed by atoms with Gasteiger partial charge in [0, 0.05) is 0 Å². The fourth-order valence-corrected chi connectivity index (χ4v) is 2.70. The zero-order valence-electron chi connectivity index (χ0n) is 15.8. The van der Waals surface area contributed by atoms with Crippen LogP contribution in [0, 0.1) is 11.3 Å². The van der Waals surface area contributed by atoms with E-state index in [-0.39, 0.29) is 35.1 Å². The number of carboxylic acids is 1. The van der Waals surface area contributed by atoms with Crippen molar-refractivity contribution in [1.82, 2.24) is 0 Å². The van der Waals surface area contributed by atoms with Crippen molar-refractivity contribution in [2.24, 2.45) is 0 Å². The molecule has 8 heteroatoms. The van der Waals surface area contributed by atoms with Crippen molar-refractivity contribution in [3.05, 3.63) is 63.7 Å². The van der Waals surface area contributed by atoms with E-state index >= 15 is 0 Å². The molecule has 2 aromatic rings. The van der Waals surface area contributed by atoms with Gasteiger partial charge in [0.05, 0.1) is 24.3 Å². The number of aromatic carboxylic acids is 1. The quantitative estimate of drug-likeness (QED) is 0.393. The maximum absolute atomic E-state index is 11.8. The van der Waals surface area contributed by atoms with Crippen LogP contribution in [0.15, 0.2) is 42.0 Å². The Morgan fingerprint density at radius 1 is 1.28 bits per heavy atom. The van der Waals surface area contributed by atoms with Gasteiger partial charge in [-0.05, 0) is 48.4 Å². The highest BCUT2D eigenvalue weighted by Gasteiger charge is 2.15. The minimum atomic E-state index is -1.03. The van der Waals surface area contributed by atoms with Crippen LogP contribution >= 0.6 is 11.6 Å². The van der Waals surface area contributed by atoms with Gasteiger partial charge in [-0.1, -0.05) is 23.7 Å². The third kappa shape index (κ3) is 5.74. The van der Waals surface area contributed by atoms with Crippen molar-refractivity contribution in [2.75, 3.05) is 13.7 Å². The number of nitriles is 1. The summed E-state index contributed by atoms with van der Waals surface area (Å²) in [6.45, 7) is 1.86. The van der Waals surface area contributed by atoms with Crippen molar-refractivity contribution in [2.45, 2.75) is 13.5 Å². The molecule has 0 aliphatic carbocycles. The molecule has 0 saturated heterocycles. The molecule has 0 aromatic heterocycles. The summed E-state index contributed by atoms with van der Waals surface area (Å²) in [7, 11) is 1.42. The Morgan fingerprint density at radius 3 is 2.66 bits per heavy atom. The molecular weight excluding hydrogens is 398 g/mol. The molecule has 0 heterocycles. The maximum atomic E-state index is 11.8. The number of benzene rings is 2. The first-order valence-electron chi connectivity index (χ1n) is 8.51. The van der Waals surface area contributed by atoms with Crippen molar-refractivity contribution in [3.8, 4) is 17.6 Å². The summed E-state index contributed by atoms with van der Waals surface area (Å²) >= 11 is 6.30. The van der Waals surface area contributed by atoms with E-state index in [1.165, 1.54) is 31.4 Å². The Hall–Kier alpha value is -3.50. The minimum Gasteiger partial charge on any atom is -0.493 e. The van der Waals surface area contributed by atoms with E-state index in [0.29, 0.717) is 16.9 Å². The number of carbonyl (C=O) groups excluding carboxylic acids is 1. The minimum absolute atomic E-state index is 0.0681. The summed E-state index contributed by atoms with van der Waals surface area (Å²) in [5, 5.41) is 18.4. The van der Waals surface area contributed by atoms with Gasteiger partial charge < -0.3 is 19.3 Å². The summed E-state index contributed by atoms with van der Waals surface area (Å²) in [4.78, 5) is 22.9. The van der Waals surface area contributed by atoms with Crippen LogP contribution in [0.2, 0.25) is 5.02 Å². The maximum Gasteiger partial charge on any atom is 0.348 e. The lowest BCUT2D eigenvalue weighted by atomic mass is 10.1. The zero-order chi connectivity index (χ0) is 21.4. The second-order valence-corrected chi connectivity index (χ2v) is 6.13. The largest absolute Gasteiger partial charge is 0.493 e.